The van der Waals surface area contributed by atoms with Crippen molar-refractivity contribution < 1.29 is 27.1 Å². The summed E-state index contributed by atoms with van der Waals surface area (Å²) in [4.78, 5) is 15.2. The van der Waals surface area contributed by atoms with Gasteiger partial charge in [0, 0.05) is 19.6 Å². The van der Waals surface area contributed by atoms with Gasteiger partial charge in [-0.15, -0.1) is 0 Å². The monoisotopic (exact) mass is 569 g/mol. The highest BCUT2D eigenvalue weighted by atomic mass is 19.4. The molecule has 0 saturated carbocycles. The summed E-state index contributed by atoms with van der Waals surface area (Å²) in [5, 5.41) is 6.74. The number of piperazine rings is 1. The Morgan fingerprint density at radius 1 is 1.00 bits per heavy atom. The summed E-state index contributed by atoms with van der Waals surface area (Å²) < 4.78 is 60.2. The average molecular weight is 570 g/mol. The Kier molecular flexibility index (Phi) is 8.50. The first kappa shape index (κ1) is 29.2. The molecule has 4 atom stereocenters. The summed E-state index contributed by atoms with van der Waals surface area (Å²) >= 11 is 0. The van der Waals surface area contributed by atoms with Crippen LogP contribution in [0.25, 0.3) is 0 Å². The van der Waals surface area contributed by atoms with Crippen molar-refractivity contribution in [2.75, 3.05) is 26.2 Å². The molecule has 0 radical (unpaired) electrons. The van der Waals surface area contributed by atoms with E-state index in [1.165, 1.54) is 6.07 Å². The van der Waals surface area contributed by atoms with Crippen molar-refractivity contribution >= 4 is 5.91 Å². The molecule has 2 aliphatic rings. The third-order valence-electron chi connectivity index (χ3n) is 8.34. The number of fused-ring (bicyclic) bond motifs is 2. The van der Waals surface area contributed by atoms with E-state index in [0.29, 0.717) is 32.5 Å². The van der Waals surface area contributed by atoms with Gasteiger partial charge >= 0.3 is 6.18 Å². The molecule has 218 valence electrons. The minimum atomic E-state index is -4.59. The smallest absolute Gasteiger partial charge is 0.372 e. The van der Waals surface area contributed by atoms with Gasteiger partial charge in [-0.1, -0.05) is 66.7 Å². The van der Waals surface area contributed by atoms with Crippen LogP contribution in [0.15, 0.2) is 78.9 Å². The van der Waals surface area contributed by atoms with E-state index >= 15 is 0 Å². The second kappa shape index (κ2) is 11.9. The summed E-state index contributed by atoms with van der Waals surface area (Å²) in [6, 6.07) is 23.2. The van der Waals surface area contributed by atoms with Crippen molar-refractivity contribution in [1.29, 1.82) is 0 Å². The Morgan fingerprint density at radius 2 is 1.71 bits per heavy atom. The van der Waals surface area contributed by atoms with E-state index in [0.717, 1.165) is 23.3 Å². The van der Waals surface area contributed by atoms with Gasteiger partial charge in [-0.05, 0) is 54.2 Å². The summed E-state index contributed by atoms with van der Waals surface area (Å²) in [7, 11) is 0. The molecule has 1 unspecified atom stereocenters. The lowest BCUT2D eigenvalue weighted by molar-refractivity contribution is -0.143. The normalized spacial score (nSPS) is 25.0. The highest BCUT2D eigenvalue weighted by molar-refractivity contribution is 5.80. The number of amides is 1. The number of benzene rings is 3. The molecule has 41 heavy (non-hydrogen) atoms. The van der Waals surface area contributed by atoms with E-state index in [-0.39, 0.29) is 30.2 Å². The SMILES string of the molecule is C[C@@H](OC[C@@]1(c2ccccc2)CC[C@]2(CNCc3ccccc3)CN1CC(=O)N2)c1cc(CF)cc(C(F)(F)F)c1. The quantitative estimate of drug-likeness (QED) is 0.299. The van der Waals surface area contributed by atoms with Crippen LogP contribution in [0.2, 0.25) is 0 Å². The maximum atomic E-state index is 13.5. The molecule has 2 saturated heterocycles. The number of alkyl halides is 4. The van der Waals surface area contributed by atoms with Crippen molar-refractivity contribution in [2.24, 2.45) is 0 Å². The number of hydrogen-bond acceptors (Lipinski definition) is 4. The largest absolute Gasteiger partial charge is 0.416 e. The fourth-order valence-corrected chi connectivity index (χ4v) is 6.12. The van der Waals surface area contributed by atoms with Gasteiger partial charge in [-0.2, -0.15) is 13.2 Å². The van der Waals surface area contributed by atoms with Crippen LogP contribution >= 0.6 is 0 Å². The van der Waals surface area contributed by atoms with Crippen LogP contribution in [0.3, 0.4) is 0 Å². The van der Waals surface area contributed by atoms with Gasteiger partial charge in [-0.3, -0.25) is 9.69 Å². The molecular formula is C32H35F4N3O2. The van der Waals surface area contributed by atoms with E-state index in [2.05, 4.69) is 27.7 Å². The van der Waals surface area contributed by atoms with Gasteiger partial charge in [0.15, 0.2) is 0 Å². The van der Waals surface area contributed by atoms with Crippen molar-refractivity contribution in [2.45, 2.75) is 56.3 Å². The zero-order chi connectivity index (χ0) is 29.1. The van der Waals surface area contributed by atoms with Crippen LogP contribution in [-0.2, 0) is 34.5 Å². The fraction of sp³-hybridized carbons (Fsp3) is 0.406. The van der Waals surface area contributed by atoms with Crippen molar-refractivity contribution in [3.05, 3.63) is 107 Å². The number of carbonyl (C=O) groups is 1. The van der Waals surface area contributed by atoms with Gasteiger partial charge in [0.1, 0.15) is 6.67 Å². The lowest BCUT2D eigenvalue weighted by Gasteiger charge is -2.57. The average Bonchev–Trinajstić information content (AvgIpc) is 2.97. The predicted octanol–water partition coefficient (Wildman–Crippen LogP) is 5.90. The van der Waals surface area contributed by atoms with E-state index < -0.39 is 35.6 Å². The Hall–Kier alpha value is -3.27. The molecule has 3 aromatic rings. The molecule has 2 aliphatic heterocycles. The van der Waals surface area contributed by atoms with Gasteiger partial charge in [0.25, 0.3) is 0 Å². The van der Waals surface area contributed by atoms with Gasteiger partial charge < -0.3 is 15.4 Å². The number of ether oxygens (including phenoxy) is 1. The first-order valence-electron chi connectivity index (χ1n) is 13.9. The van der Waals surface area contributed by atoms with E-state index in [4.69, 9.17) is 4.74 Å². The topological polar surface area (TPSA) is 53.6 Å². The lowest BCUT2D eigenvalue weighted by Crippen LogP contribution is -2.73. The van der Waals surface area contributed by atoms with Crippen LogP contribution < -0.4 is 10.6 Å². The van der Waals surface area contributed by atoms with Crippen molar-refractivity contribution in [1.82, 2.24) is 15.5 Å². The number of nitrogens with zero attached hydrogens (tertiary/aromatic N) is 1. The standard InChI is InChI=1S/C32H35F4N3O2/c1-23(26-14-25(17-33)15-28(16-26)32(34,35)36)41-22-31(27-10-6-3-7-11-27)13-12-30(21-39(31)19-29(40)38-30)20-37-18-24-8-4-2-5-9-24/h2-11,14-16,23,37H,12-13,17-22H2,1H3,(H,38,40)/t23-,30+,31-/m1/s1. The molecule has 3 aromatic carbocycles. The molecule has 2 heterocycles. The van der Waals surface area contributed by atoms with Crippen LogP contribution in [-0.4, -0.2) is 42.6 Å². The minimum absolute atomic E-state index is 0.0406. The minimum Gasteiger partial charge on any atom is -0.372 e. The first-order chi connectivity index (χ1) is 19.6. The van der Waals surface area contributed by atoms with Gasteiger partial charge in [0.05, 0.1) is 35.9 Å². The second-order valence-corrected chi connectivity index (χ2v) is 11.2. The maximum Gasteiger partial charge on any atom is 0.416 e. The molecule has 0 aromatic heterocycles. The number of nitrogens with one attached hydrogen (secondary N) is 2. The number of carbonyl (C=O) groups excluding carboxylic acids is 1. The number of piperidine rings is 1. The maximum absolute atomic E-state index is 13.5. The molecule has 2 fully saturated rings. The van der Waals surface area contributed by atoms with Crippen LogP contribution in [0, 0.1) is 0 Å². The molecule has 9 heteroatoms. The predicted molar refractivity (Wildman–Crippen MR) is 149 cm³/mol. The number of halogens is 4. The molecule has 1 amide bonds. The zero-order valence-corrected chi connectivity index (χ0v) is 23.0. The molecule has 0 aliphatic carbocycles. The van der Waals surface area contributed by atoms with Crippen LogP contribution in [0.4, 0.5) is 17.6 Å². The summed E-state index contributed by atoms with van der Waals surface area (Å²) in [5.41, 5.74) is 0.371. The Morgan fingerprint density at radius 3 is 2.39 bits per heavy atom. The summed E-state index contributed by atoms with van der Waals surface area (Å²) in [6.07, 6.45) is -3.94. The number of hydrogen-bond donors (Lipinski definition) is 2. The molecule has 0 spiro atoms. The van der Waals surface area contributed by atoms with Gasteiger partial charge in [-0.25, -0.2) is 4.39 Å². The fourth-order valence-electron chi connectivity index (χ4n) is 6.12. The van der Waals surface area contributed by atoms with E-state index in [1.807, 2.05) is 48.5 Å². The molecule has 2 N–H and O–H groups in total. The molecule has 2 bridgehead atoms. The van der Waals surface area contributed by atoms with Crippen LogP contribution in [0.5, 0.6) is 0 Å². The molecule has 5 nitrogen and oxygen atoms in total. The summed E-state index contributed by atoms with van der Waals surface area (Å²) in [6.45, 7) is 2.91. The van der Waals surface area contributed by atoms with Gasteiger partial charge in [0.2, 0.25) is 5.91 Å². The van der Waals surface area contributed by atoms with E-state index in [1.54, 1.807) is 6.92 Å². The number of rotatable bonds is 10. The first-order valence-corrected chi connectivity index (χ1v) is 13.9. The zero-order valence-electron chi connectivity index (χ0n) is 23.0. The molecular weight excluding hydrogens is 534 g/mol. The highest BCUT2D eigenvalue weighted by Crippen LogP contribution is 2.43. The van der Waals surface area contributed by atoms with Crippen LogP contribution in [0.1, 0.15) is 53.7 Å². The van der Waals surface area contributed by atoms with E-state index in [9.17, 15) is 22.4 Å². The Labute approximate surface area is 237 Å². The lowest BCUT2D eigenvalue weighted by atomic mass is 9.73. The van der Waals surface area contributed by atoms with Crippen molar-refractivity contribution in [3.63, 3.8) is 0 Å². The van der Waals surface area contributed by atoms with Crippen molar-refractivity contribution in [3.8, 4) is 0 Å². The second-order valence-electron chi connectivity index (χ2n) is 11.2. The molecule has 5 rings (SSSR count). The third kappa shape index (κ3) is 6.47. The Balaban J connectivity index is 1.37. The highest BCUT2D eigenvalue weighted by Gasteiger charge is 2.52. The third-order valence-corrected chi connectivity index (χ3v) is 8.34. The summed E-state index contributed by atoms with van der Waals surface area (Å²) in [5.74, 6) is -0.0729. The Bertz CT molecular complexity index is 1340.